The van der Waals surface area contributed by atoms with Gasteiger partial charge in [0.15, 0.2) is 15.0 Å². The summed E-state index contributed by atoms with van der Waals surface area (Å²) in [5, 5.41) is 7.95. The van der Waals surface area contributed by atoms with Crippen molar-refractivity contribution < 1.29 is 22.4 Å². The quantitative estimate of drug-likeness (QED) is 0.658. The molecule has 0 bridgehead atoms. The van der Waals surface area contributed by atoms with E-state index in [4.69, 9.17) is 0 Å². The molecule has 1 aromatic carbocycles. The predicted octanol–water partition coefficient (Wildman–Crippen LogP) is 2.70. The number of thiazole rings is 1. The van der Waals surface area contributed by atoms with E-state index in [-0.39, 0.29) is 22.5 Å². The molecule has 0 atom stereocenters. The van der Waals surface area contributed by atoms with Crippen LogP contribution in [-0.2, 0) is 14.6 Å². The molecule has 3 N–H and O–H groups in total. The molecule has 2 aromatic rings. The molecular weight excluding hydrogens is 419 g/mol. The molecule has 0 aliphatic rings. The van der Waals surface area contributed by atoms with Gasteiger partial charge in [0.05, 0.1) is 17.1 Å². The van der Waals surface area contributed by atoms with Gasteiger partial charge in [-0.2, -0.15) is 0 Å². The zero-order chi connectivity index (χ0) is 22.0. The number of carbonyl (C=O) groups is 2. The Morgan fingerprint density at radius 2 is 1.90 bits per heavy atom. The maximum Gasteiger partial charge on any atom is 0.321 e. The van der Waals surface area contributed by atoms with Crippen molar-refractivity contribution >= 4 is 38.2 Å². The summed E-state index contributed by atoms with van der Waals surface area (Å²) in [6.45, 7) is 6.98. The highest BCUT2D eigenvalue weighted by Gasteiger charge is 2.18. The van der Waals surface area contributed by atoms with Crippen LogP contribution in [0.4, 0.5) is 14.3 Å². The summed E-state index contributed by atoms with van der Waals surface area (Å²) in [4.78, 5) is 28.2. The molecule has 29 heavy (non-hydrogen) atoms. The number of aryl methyl sites for hydroxylation is 1. The second-order valence-corrected chi connectivity index (χ2v) is 10.4. The lowest BCUT2D eigenvalue weighted by Crippen LogP contribution is -2.46. The number of sulfone groups is 1. The predicted molar refractivity (Wildman–Crippen MR) is 110 cm³/mol. The van der Waals surface area contributed by atoms with Gasteiger partial charge in [0, 0.05) is 11.8 Å². The third-order valence-corrected chi connectivity index (χ3v) is 5.79. The van der Waals surface area contributed by atoms with E-state index in [0.29, 0.717) is 16.1 Å². The van der Waals surface area contributed by atoms with Crippen LogP contribution in [-0.4, -0.2) is 43.7 Å². The van der Waals surface area contributed by atoms with Crippen molar-refractivity contribution in [2.24, 2.45) is 0 Å². The van der Waals surface area contributed by atoms with Crippen molar-refractivity contribution in [2.75, 3.05) is 18.1 Å². The van der Waals surface area contributed by atoms with E-state index in [1.54, 1.807) is 6.92 Å². The van der Waals surface area contributed by atoms with E-state index in [9.17, 15) is 22.4 Å². The topological polar surface area (TPSA) is 117 Å². The Bertz CT molecular complexity index is 1040. The maximum atomic E-state index is 14.2. The van der Waals surface area contributed by atoms with E-state index in [1.807, 2.05) is 20.8 Å². The zero-order valence-corrected chi connectivity index (χ0v) is 18.3. The van der Waals surface area contributed by atoms with Gasteiger partial charge in [-0.15, -0.1) is 0 Å². The number of hydrogen-bond acceptors (Lipinski definition) is 6. The third-order valence-electron chi connectivity index (χ3n) is 3.53. The van der Waals surface area contributed by atoms with Gasteiger partial charge in [-0.3, -0.25) is 10.1 Å². The molecule has 0 spiro atoms. The fourth-order valence-corrected chi connectivity index (χ4v) is 4.11. The summed E-state index contributed by atoms with van der Waals surface area (Å²) in [5.74, 6) is -1.18. The summed E-state index contributed by atoms with van der Waals surface area (Å²) in [5.41, 5.74) is 0.587. The fourth-order valence-electron chi connectivity index (χ4n) is 2.42. The summed E-state index contributed by atoms with van der Waals surface area (Å²) in [7, 11) is -3.66. The van der Waals surface area contributed by atoms with Crippen LogP contribution >= 0.6 is 11.3 Å². The highest BCUT2D eigenvalue weighted by atomic mass is 32.2. The van der Waals surface area contributed by atoms with Crippen LogP contribution in [0.2, 0.25) is 0 Å². The van der Waals surface area contributed by atoms with Crippen LogP contribution in [0.5, 0.6) is 0 Å². The van der Waals surface area contributed by atoms with Gasteiger partial charge in [0.25, 0.3) is 0 Å². The van der Waals surface area contributed by atoms with E-state index in [2.05, 4.69) is 20.9 Å². The smallest absolute Gasteiger partial charge is 0.321 e. The summed E-state index contributed by atoms with van der Waals surface area (Å²) in [6, 6.07) is 3.21. The van der Waals surface area contributed by atoms with Crippen molar-refractivity contribution in [1.29, 1.82) is 0 Å². The van der Waals surface area contributed by atoms with Crippen LogP contribution < -0.4 is 16.0 Å². The molecule has 8 nitrogen and oxygen atoms in total. The van der Waals surface area contributed by atoms with Crippen molar-refractivity contribution in [3.8, 4) is 10.4 Å². The van der Waals surface area contributed by atoms with E-state index in [1.165, 1.54) is 12.1 Å². The van der Waals surface area contributed by atoms with Gasteiger partial charge >= 0.3 is 6.03 Å². The van der Waals surface area contributed by atoms with Crippen molar-refractivity contribution in [1.82, 2.24) is 15.6 Å². The first kappa shape index (κ1) is 22.8. The van der Waals surface area contributed by atoms with E-state index < -0.39 is 27.2 Å². The molecule has 11 heteroatoms. The normalized spacial score (nSPS) is 11.8. The van der Waals surface area contributed by atoms with Gasteiger partial charge in [0.2, 0.25) is 5.91 Å². The number of nitrogens with zero attached hydrogens (tertiary/aromatic N) is 1. The van der Waals surface area contributed by atoms with Gasteiger partial charge < -0.3 is 10.6 Å². The van der Waals surface area contributed by atoms with Crippen LogP contribution in [0.25, 0.3) is 10.4 Å². The Morgan fingerprint density at radius 1 is 1.24 bits per heavy atom. The summed E-state index contributed by atoms with van der Waals surface area (Å²) in [6.07, 6.45) is 0.936. The molecule has 0 saturated carbocycles. The Morgan fingerprint density at radius 3 is 2.45 bits per heavy atom. The Kier molecular flexibility index (Phi) is 6.63. The van der Waals surface area contributed by atoms with Crippen molar-refractivity contribution in [2.45, 2.75) is 38.1 Å². The number of urea groups is 1. The van der Waals surface area contributed by atoms with Gasteiger partial charge in [-0.05, 0) is 45.4 Å². The number of hydrogen-bond donors (Lipinski definition) is 3. The Labute approximate surface area is 172 Å². The lowest BCUT2D eigenvalue weighted by molar-refractivity contribution is -0.121. The molecule has 3 amide bonds. The number of rotatable bonds is 5. The fraction of sp³-hybridized carbons (Fsp3) is 0.389. The standard InChI is InChI=1S/C18H23FN4O4S2/c1-10-15(11-6-7-13(12(19)8-11)29(5,26)27)28-17(21-10)22-16(25)20-9-14(24)23-18(2,3)4/h6-8H,9H2,1-5H3,(H,23,24)(H2,20,21,22,25). The first-order valence-electron chi connectivity index (χ1n) is 8.59. The number of aromatic nitrogens is 1. The number of benzene rings is 1. The maximum absolute atomic E-state index is 14.2. The monoisotopic (exact) mass is 442 g/mol. The molecule has 1 heterocycles. The van der Waals surface area contributed by atoms with Crippen LogP contribution in [0.15, 0.2) is 23.1 Å². The number of anilines is 1. The van der Waals surface area contributed by atoms with Crippen LogP contribution in [0.3, 0.4) is 0 Å². The molecular formula is C18H23FN4O4S2. The Hall–Kier alpha value is -2.53. The number of carbonyl (C=O) groups excluding carboxylic acids is 2. The Balaban J connectivity index is 2.08. The lowest BCUT2D eigenvalue weighted by Gasteiger charge is -2.20. The molecule has 158 valence electrons. The second-order valence-electron chi connectivity index (χ2n) is 7.46. The van der Waals surface area contributed by atoms with Crippen LogP contribution in [0, 0.1) is 12.7 Å². The molecule has 0 aliphatic heterocycles. The van der Waals surface area contributed by atoms with Crippen molar-refractivity contribution in [3.63, 3.8) is 0 Å². The lowest BCUT2D eigenvalue weighted by atomic mass is 10.1. The van der Waals surface area contributed by atoms with Gasteiger partial charge in [-0.1, -0.05) is 17.4 Å². The van der Waals surface area contributed by atoms with E-state index >= 15 is 0 Å². The minimum absolute atomic E-state index is 0.196. The molecule has 0 radical (unpaired) electrons. The molecule has 1 aromatic heterocycles. The van der Waals surface area contributed by atoms with Crippen molar-refractivity contribution in [3.05, 3.63) is 29.7 Å². The van der Waals surface area contributed by atoms with Gasteiger partial charge in [0.1, 0.15) is 10.7 Å². The first-order valence-corrected chi connectivity index (χ1v) is 11.3. The zero-order valence-electron chi connectivity index (χ0n) is 16.7. The highest BCUT2D eigenvalue weighted by Crippen LogP contribution is 2.34. The highest BCUT2D eigenvalue weighted by molar-refractivity contribution is 7.90. The van der Waals surface area contributed by atoms with E-state index in [0.717, 1.165) is 23.7 Å². The average molecular weight is 443 g/mol. The molecule has 0 fully saturated rings. The minimum atomic E-state index is -3.66. The number of nitrogens with one attached hydrogen (secondary N) is 3. The second kappa shape index (κ2) is 8.46. The molecule has 0 saturated heterocycles. The van der Waals surface area contributed by atoms with Gasteiger partial charge in [-0.25, -0.2) is 22.6 Å². The average Bonchev–Trinajstić information content (AvgIpc) is 2.90. The summed E-state index contributed by atoms with van der Waals surface area (Å²) >= 11 is 1.11. The number of halogens is 1. The summed E-state index contributed by atoms with van der Waals surface area (Å²) < 4.78 is 37.3. The molecule has 0 aliphatic carbocycles. The SMILES string of the molecule is Cc1nc(NC(=O)NCC(=O)NC(C)(C)C)sc1-c1ccc(S(C)(=O)=O)c(F)c1. The third kappa shape index (κ3) is 6.50. The largest absolute Gasteiger partial charge is 0.350 e. The molecule has 0 unspecified atom stereocenters. The first-order chi connectivity index (χ1) is 13.3. The van der Waals surface area contributed by atoms with Crippen LogP contribution in [0.1, 0.15) is 26.5 Å². The minimum Gasteiger partial charge on any atom is -0.350 e. The number of amides is 3. The molecule has 2 rings (SSSR count).